The van der Waals surface area contributed by atoms with Crippen LogP contribution in [0.2, 0.25) is 0 Å². The van der Waals surface area contributed by atoms with E-state index in [-0.39, 0.29) is 11.9 Å². The van der Waals surface area contributed by atoms with Crippen molar-refractivity contribution >= 4 is 11.9 Å². The number of carbonyl (C=O) groups excluding carboxylic acids is 1. The highest BCUT2D eigenvalue weighted by atomic mass is 16.5. The Labute approximate surface area is 179 Å². The number of aliphatic imine (C=N–C) groups is 1. The number of benzene rings is 1. The standard InChI is InChI=1S/C23H34N4O3/c1-4-18(3)27-22(28)20-10-6-9-19(15-20)16-26-23(24-5-2)25-12-8-13-29-17-21-11-7-14-30-21/h6-7,9-11,14-15,18H,4-5,8,12-13,16-17H2,1-3H3,(H,27,28)(H2,24,25,26). The molecule has 7 nitrogen and oxygen atoms in total. The lowest BCUT2D eigenvalue weighted by molar-refractivity contribution is 0.0939. The van der Waals surface area contributed by atoms with E-state index in [4.69, 9.17) is 9.15 Å². The van der Waals surface area contributed by atoms with Crippen LogP contribution < -0.4 is 16.0 Å². The smallest absolute Gasteiger partial charge is 0.251 e. The number of furan rings is 1. The highest BCUT2D eigenvalue weighted by molar-refractivity contribution is 5.94. The lowest BCUT2D eigenvalue weighted by atomic mass is 10.1. The Morgan fingerprint density at radius 2 is 2.07 bits per heavy atom. The molecule has 1 unspecified atom stereocenters. The molecular formula is C23H34N4O3. The van der Waals surface area contributed by atoms with Crippen LogP contribution in [0.15, 0.2) is 52.1 Å². The van der Waals surface area contributed by atoms with Gasteiger partial charge in [-0.3, -0.25) is 4.79 Å². The molecule has 164 valence electrons. The molecule has 0 saturated carbocycles. The van der Waals surface area contributed by atoms with Gasteiger partial charge in [0.15, 0.2) is 5.96 Å². The predicted octanol–water partition coefficient (Wildman–Crippen LogP) is 3.47. The Morgan fingerprint density at radius 3 is 2.80 bits per heavy atom. The number of guanidine groups is 1. The summed E-state index contributed by atoms with van der Waals surface area (Å²) in [6.07, 6.45) is 3.41. The van der Waals surface area contributed by atoms with Crippen LogP contribution in [0.3, 0.4) is 0 Å². The van der Waals surface area contributed by atoms with Crippen LogP contribution in [-0.2, 0) is 17.9 Å². The van der Waals surface area contributed by atoms with Gasteiger partial charge in [0.25, 0.3) is 5.91 Å². The second-order valence-corrected chi connectivity index (χ2v) is 7.09. The van der Waals surface area contributed by atoms with Crippen LogP contribution >= 0.6 is 0 Å². The average molecular weight is 415 g/mol. The van der Waals surface area contributed by atoms with Gasteiger partial charge in [-0.05, 0) is 56.5 Å². The molecule has 0 bridgehead atoms. The molecule has 1 aromatic heterocycles. The summed E-state index contributed by atoms with van der Waals surface area (Å²) in [5.41, 5.74) is 1.65. The van der Waals surface area contributed by atoms with Crippen LogP contribution in [0.5, 0.6) is 0 Å². The minimum atomic E-state index is -0.0465. The highest BCUT2D eigenvalue weighted by Crippen LogP contribution is 2.08. The molecule has 30 heavy (non-hydrogen) atoms. The molecule has 0 fully saturated rings. The molecule has 1 atom stereocenters. The molecule has 1 amide bonds. The van der Waals surface area contributed by atoms with E-state index >= 15 is 0 Å². The molecule has 0 radical (unpaired) electrons. The Kier molecular flexibility index (Phi) is 10.5. The maximum atomic E-state index is 12.3. The molecule has 3 N–H and O–H groups in total. The zero-order chi connectivity index (χ0) is 21.6. The van der Waals surface area contributed by atoms with Crippen LogP contribution in [0.25, 0.3) is 0 Å². The summed E-state index contributed by atoms with van der Waals surface area (Å²) in [4.78, 5) is 16.9. The second-order valence-electron chi connectivity index (χ2n) is 7.09. The number of rotatable bonds is 12. The molecule has 2 rings (SSSR count). The summed E-state index contributed by atoms with van der Waals surface area (Å²) in [6, 6.07) is 11.5. The molecule has 7 heteroatoms. The SMILES string of the molecule is CCNC(=NCc1cccc(C(=O)NC(C)CC)c1)NCCCOCc1ccco1. The topological polar surface area (TPSA) is 87.9 Å². The van der Waals surface area contributed by atoms with E-state index in [1.807, 2.05) is 50.2 Å². The number of hydrogen-bond donors (Lipinski definition) is 3. The molecule has 0 aliphatic heterocycles. The summed E-state index contributed by atoms with van der Waals surface area (Å²) in [5.74, 6) is 1.53. The van der Waals surface area contributed by atoms with Crippen molar-refractivity contribution in [1.82, 2.24) is 16.0 Å². The largest absolute Gasteiger partial charge is 0.467 e. The van der Waals surface area contributed by atoms with Gasteiger partial charge in [-0.1, -0.05) is 19.1 Å². The maximum Gasteiger partial charge on any atom is 0.251 e. The fourth-order valence-corrected chi connectivity index (χ4v) is 2.68. The minimum Gasteiger partial charge on any atom is -0.467 e. The lowest BCUT2D eigenvalue weighted by Crippen LogP contribution is -2.38. The van der Waals surface area contributed by atoms with E-state index in [0.717, 1.165) is 43.2 Å². The van der Waals surface area contributed by atoms with E-state index < -0.39 is 0 Å². The Hall–Kier alpha value is -2.80. The summed E-state index contributed by atoms with van der Waals surface area (Å²) >= 11 is 0. The predicted molar refractivity (Wildman–Crippen MR) is 119 cm³/mol. The van der Waals surface area contributed by atoms with Gasteiger partial charge in [0.2, 0.25) is 0 Å². The van der Waals surface area contributed by atoms with Crippen molar-refractivity contribution in [2.24, 2.45) is 4.99 Å². The van der Waals surface area contributed by atoms with Gasteiger partial charge >= 0.3 is 0 Å². The third-order valence-electron chi connectivity index (χ3n) is 4.53. The van der Waals surface area contributed by atoms with Gasteiger partial charge in [-0.15, -0.1) is 0 Å². The quantitative estimate of drug-likeness (QED) is 0.281. The van der Waals surface area contributed by atoms with E-state index in [0.29, 0.717) is 25.3 Å². The van der Waals surface area contributed by atoms with Crippen LogP contribution in [0.4, 0.5) is 0 Å². The molecule has 0 saturated heterocycles. The summed E-state index contributed by atoms with van der Waals surface area (Å²) in [6.45, 7) is 9.24. The second kappa shape index (κ2) is 13.4. The molecule has 1 aromatic carbocycles. The first-order chi connectivity index (χ1) is 14.6. The molecule has 1 heterocycles. The Balaban J connectivity index is 1.79. The number of nitrogens with zero attached hydrogens (tertiary/aromatic N) is 1. The van der Waals surface area contributed by atoms with Crippen molar-refractivity contribution in [3.8, 4) is 0 Å². The van der Waals surface area contributed by atoms with Crippen molar-refractivity contribution in [2.45, 2.75) is 52.8 Å². The highest BCUT2D eigenvalue weighted by Gasteiger charge is 2.09. The zero-order valence-electron chi connectivity index (χ0n) is 18.2. The number of amides is 1. The van der Waals surface area contributed by atoms with Gasteiger partial charge in [-0.2, -0.15) is 0 Å². The van der Waals surface area contributed by atoms with Gasteiger partial charge in [0, 0.05) is 31.3 Å². The van der Waals surface area contributed by atoms with Crippen LogP contribution in [0.1, 0.15) is 55.3 Å². The molecule has 2 aromatic rings. The van der Waals surface area contributed by atoms with E-state index in [2.05, 4.69) is 27.9 Å². The molecular weight excluding hydrogens is 380 g/mol. The van der Waals surface area contributed by atoms with Crippen LogP contribution in [0, 0.1) is 0 Å². The fraction of sp³-hybridized carbons (Fsp3) is 0.478. The Bertz CT molecular complexity index is 775. The van der Waals surface area contributed by atoms with Crippen molar-refractivity contribution in [3.05, 3.63) is 59.5 Å². The maximum absolute atomic E-state index is 12.3. The number of carbonyl (C=O) groups is 1. The third-order valence-corrected chi connectivity index (χ3v) is 4.53. The lowest BCUT2D eigenvalue weighted by Gasteiger charge is -2.13. The number of hydrogen-bond acceptors (Lipinski definition) is 4. The van der Waals surface area contributed by atoms with Crippen molar-refractivity contribution < 1.29 is 13.9 Å². The summed E-state index contributed by atoms with van der Waals surface area (Å²) in [5, 5.41) is 9.55. The number of nitrogens with one attached hydrogen (secondary N) is 3. The van der Waals surface area contributed by atoms with Gasteiger partial charge in [0.05, 0.1) is 12.8 Å². The first kappa shape index (κ1) is 23.5. The molecule has 0 aliphatic carbocycles. The Morgan fingerprint density at radius 1 is 1.20 bits per heavy atom. The van der Waals surface area contributed by atoms with Gasteiger partial charge in [-0.25, -0.2) is 4.99 Å². The van der Waals surface area contributed by atoms with Gasteiger partial charge in [0.1, 0.15) is 12.4 Å². The third kappa shape index (κ3) is 8.69. The van der Waals surface area contributed by atoms with Crippen molar-refractivity contribution in [2.75, 3.05) is 19.7 Å². The zero-order valence-corrected chi connectivity index (χ0v) is 18.2. The monoisotopic (exact) mass is 414 g/mol. The van der Waals surface area contributed by atoms with E-state index in [9.17, 15) is 4.79 Å². The first-order valence-electron chi connectivity index (χ1n) is 10.6. The van der Waals surface area contributed by atoms with Crippen LogP contribution in [-0.4, -0.2) is 37.6 Å². The summed E-state index contributed by atoms with van der Waals surface area (Å²) < 4.78 is 10.8. The first-order valence-corrected chi connectivity index (χ1v) is 10.6. The van der Waals surface area contributed by atoms with E-state index in [1.54, 1.807) is 6.26 Å². The van der Waals surface area contributed by atoms with Gasteiger partial charge < -0.3 is 25.1 Å². The summed E-state index contributed by atoms with van der Waals surface area (Å²) in [7, 11) is 0. The molecule has 0 aliphatic rings. The van der Waals surface area contributed by atoms with E-state index in [1.165, 1.54) is 0 Å². The average Bonchev–Trinajstić information content (AvgIpc) is 3.28. The van der Waals surface area contributed by atoms with Crippen molar-refractivity contribution in [1.29, 1.82) is 0 Å². The van der Waals surface area contributed by atoms with Crippen molar-refractivity contribution in [3.63, 3.8) is 0 Å². The fourth-order valence-electron chi connectivity index (χ4n) is 2.68. The number of ether oxygens (including phenoxy) is 1. The molecule has 0 spiro atoms. The minimum absolute atomic E-state index is 0.0465. The normalized spacial score (nSPS) is 12.4.